The van der Waals surface area contributed by atoms with Crippen molar-refractivity contribution in [3.63, 3.8) is 0 Å². The molecule has 2 amide bonds. The van der Waals surface area contributed by atoms with Crippen molar-refractivity contribution in [2.45, 2.75) is 26.3 Å². The first kappa shape index (κ1) is 14.4. The maximum atomic E-state index is 13.9. The van der Waals surface area contributed by atoms with Gasteiger partial charge in [-0.25, -0.2) is 4.98 Å². The lowest BCUT2D eigenvalue weighted by Gasteiger charge is -2.24. The van der Waals surface area contributed by atoms with Crippen LogP contribution < -0.4 is 0 Å². The molecule has 3 rings (SSSR count). The van der Waals surface area contributed by atoms with E-state index in [1.165, 1.54) is 11.1 Å². The number of nitrogens with zero attached hydrogens (tertiary/aromatic N) is 2. The van der Waals surface area contributed by atoms with Gasteiger partial charge in [-0.1, -0.05) is 19.1 Å². The summed E-state index contributed by atoms with van der Waals surface area (Å²) in [5.41, 5.74) is 1.84. The Morgan fingerprint density at radius 2 is 1.73 bits per heavy atom. The molecule has 1 atom stereocenters. The summed E-state index contributed by atoms with van der Waals surface area (Å²) in [6, 6.07) is 7.84. The molecule has 0 spiro atoms. The van der Waals surface area contributed by atoms with Gasteiger partial charge in [0.15, 0.2) is 0 Å². The number of halogens is 1. The Morgan fingerprint density at radius 3 is 2.27 bits per heavy atom. The van der Waals surface area contributed by atoms with Crippen molar-refractivity contribution < 1.29 is 14.0 Å². The highest BCUT2D eigenvalue weighted by Gasteiger charge is 2.39. The molecule has 5 heteroatoms. The number of hydrogen-bond donors (Lipinski definition) is 0. The lowest BCUT2D eigenvalue weighted by Crippen LogP contribution is -2.33. The van der Waals surface area contributed by atoms with Crippen molar-refractivity contribution in [2.75, 3.05) is 0 Å². The normalized spacial score (nSPS) is 15.1. The Balaban J connectivity index is 2.05. The third-order valence-electron chi connectivity index (χ3n) is 4.06. The minimum absolute atomic E-state index is 0.340. The molecular weight excluding hydrogens is 283 g/mol. The van der Waals surface area contributed by atoms with Crippen LogP contribution >= 0.6 is 0 Å². The summed E-state index contributed by atoms with van der Waals surface area (Å²) in [4.78, 5) is 29.8. The average molecular weight is 298 g/mol. The first-order chi connectivity index (χ1) is 10.6. The molecule has 1 aromatic carbocycles. The van der Waals surface area contributed by atoms with Crippen LogP contribution in [0.3, 0.4) is 0 Å². The molecule has 1 unspecified atom stereocenters. The molecule has 1 aliphatic rings. The fourth-order valence-electron chi connectivity index (χ4n) is 2.92. The minimum Gasteiger partial charge on any atom is -0.269 e. The summed E-state index contributed by atoms with van der Waals surface area (Å²) in [5, 5.41) is 0. The summed E-state index contributed by atoms with van der Waals surface area (Å²) in [6.45, 7) is 3.55. The Bertz CT molecular complexity index is 738. The summed E-state index contributed by atoms with van der Waals surface area (Å²) in [6.07, 6.45) is 1.81. The number of imide groups is 1. The number of pyridine rings is 1. The van der Waals surface area contributed by atoms with Crippen LogP contribution in [0.1, 0.15) is 51.7 Å². The number of fused-ring (bicyclic) bond motifs is 1. The van der Waals surface area contributed by atoms with Crippen LogP contribution in [0.5, 0.6) is 0 Å². The maximum absolute atomic E-state index is 13.9. The second-order valence-electron chi connectivity index (χ2n) is 5.22. The Kier molecular flexibility index (Phi) is 3.48. The second-order valence-corrected chi connectivity index (χ2v) is 5.22. The SMILES string of the molecule is CCc1c(C(C)N2C(=O)c3ccccc3C2=O)ccnc1F. The van der Waals surface area contributed by atoms with Crippen LogP contribution in [0.4, 0.5) is 4.39 Å². The van der Waals surface area contributed by atoms with E-state index in [4.69, 9.17) is 0 Å². The summed E-state index contributed by atoms with van der Waals surface area (Å²) < 4.78 is 13.9. The van der Waals surface area contributed by atoms with Crippen molar-refractivity contribution >= 4 is 11.8 Å². The van der Waals surface area contributed by atoms with Crippen LogP contribution in [-0.2, 0) is 6.42 Å². The van der Waals surface area contributed by atoms with Gasteiger partial charge in [-0.2, -0.15) is 4.39 Å². The van der Waals surface area contributed by atoms with Gasteiger partial charge in [-0.3, -0.25) is 14.5 Å². The number of carbonyl (C=O) groups is 2. The van der Waals surface area contributed by atoms with Gasteiger partial charge in [-0.05, 0) is 37.1 Å². The molecule has 22 heavy (non-hydrogen) atoms. The molecule has 1 aliphatic heterocycles. The number of hydrogen-bond acceptors (Lipinski definition) is 3. The second kappa shape index (κ2) is 5.33. The summed E-state index contributed by atoms with van der Waals surface area (Å²) in [7, 11) is 0. The fourth-order valence-corrected chi connectivity index (χ4v) is 2.92. The van der Waals surface area contributed by atoms with Crippen LogP contribution in [0.25, 0.3) is 0 Å². The lowest BCUT2D eigenvalue weighted by atomic mass is 10.0. The largest absolute Gasteiger partial charge is 0.269 e. The molecular formula is C17H15FN2O2. The topological polar surface area (TPSA) is 50.3 Å². The first-order valence-electron chi connectivity index (χ1n) is 7.16. The molecule has 112 valence electrons. The van der Waals surface area contributed by atoms with Gasteiger partial charge in [0.1, 0.15) is 0 Å². The van der Waals surface area contributed by atoms with Crippen LogP contribution in [0.15, 0.2) is 36.5 Å². The van der Waals surface area contributed by atoms with Gasteiger partial charge in [0.25, 0.3) is 11.8 Å². The van der Waals surface area contributed by atoms with E-state index in [0.29, 0.717) is 28.7 Å². The summed E-state index contributed by atoms with van der Waals surface area (Å²) in [5.74, 6) is -1.23. The number of amides is 2. The zero-order valence-corrected chi connectivity index (χ0v) is 12.3. The molecule has 0 bridgehead atoms. The van der Waals surface area contributed by atoms with Crippen LogP contribution in [0, 0.1) is 5.95 Å². The quantitative estimate of drug-likeness (QED) is 0.646. The number of carbonyl (C=O) groups excluding carboxylic acids is 2. The first-order valence-corrected chi connectivity index (χ1v) is 7.16. The summed E-state index contributed by atoms with van der Waals surface area (Å²) >= 11 is 0. The molecule has 1 aromatic heterocycles. The number of rotatable bonds is 3. The van der Waals surface area contributed by atoms with Gasteiger partial charge >= 0.3 is 0 Å². The Morgan fingerprint density at radius 1 is 1.14 bits per heavy atom. The van der Waals surface area contributed by atoms with E-state index < -0.39 is 12.0 Å². The molecule has 2 heterocycles. The zero-order valence-electron chi connectivity index (χ0n) is 12.3. The third kappa shape index (κ3) is 2.01. The highest BCUT2D eigenvalue weighted by atomic mass is 19.1. The maximum Gasteiger partial charge on any atom is 0.262 e. The number of benzene rings is 1. The highest BCUT2D eigenvalue weighted by Crippen LogP contribution is 2.32. The van der Waals surface area contributed by atoms with E-state index in [-0.39, 0.29) is 11.8 Å². The van der Waals surface area contributed by atoms with E-state index in [1.54, 1.807) is 37.3 Å². The van der Waals surface area contributed by atoms with Crippen molar-refractivity contribution in [1.29, 1.82) is 0 Å². The molecule has 0 fully saturated rings. The molecule has 0 N–H and O–H groups in total. The number of aromatic nitrogens is 1. The van der Waals surface area contributed by atoms with Gasteiger partial charge in [0.05, 0.1) is 17.2 Å². The lowest BCUT2D eigenvalue weighted by molar-refractivity contribution is 0.0594. The molecule has 0 saturated heterocycles. The van der Waals surface area contributed by atoms with Gasteiger partial charge in [-0.15, -0.1) is 0 Å². The molecule has 4 nitrogen and oxygen atoms in total. The predicted octanol–water partition coefficient (Wildman–Crippen LogP) is 3.14. The van der Waals surface area contributed by atoms with E-state index in [0.717, 1.165) is 0 Å². The monoisotopic (exact) mass is 298 g/mol. The molecule has 0 radical (unpaired) electrons. The van der Waals surface area contributed by atoms with Crippen molar-refractivity contribution in [1.82, 2.24) is 9.88 Å². The Hall–Kier alpha value is -2.56. The molecule has 0 saturated carbocycles. The van der Waals surface area contributed by atoms with Crippen LogP contribution in [0.2, 0.25) is 0 Å². The average Bonchev–Trinajstić information content (AvgIpc) is 2.78. The standard InChI is InChI=1S/C17H15FN2O2/c1-3-11-12(8-9-19-15(11)18)10(2)20-16(21)13-6-4-5-7-14(13)17(20)22/h4-10H,3H2,1-2H3. The van der Waals surface area contributed by atoms with Crippen molar-refractivity contribution in [3.05, 3.63) is 64.7 Å². The van der Waals surface area contributed by atoms with Gasteiger partial charge in [0.2, 0.25) is 5.95 Å². The van der Waals surface area contributed by atoms with Gasteiger partial charge < -0.3 is 0 Å². The highest BCUT2D eigenvalue weighted by molar-refractivity contribution is 6.21. The van der Waals surface area contributed by atoms with E-state index >= 15 is 0 Å². The third-order valence-corrected chi connectivity index (χ3v) is 4.06. The Labute approximate surface area is 127 Å². The van der Waals surface area contributed by atoms with Gasteiger partial charge in [0, 0.05) is 11.8 Å². The fraction of sp³-hybridized carbons (Fsp3) is 0.235. The van der Waals surface area contributed by atoms with Crippen molar-refractivity contribution in [3.8, 4) is 0 Å². The molecule has 2 aromatic rings. The van der Waals surface area contributed by atoms with Crippen LogP contribution in [-0.4, -0.2) is 21.7 Å². The van der Waals surface area contributed by atoms with E-state index in [2.05, 4.69) is 4.98 Å². The van der Waals surface area contributed by atoms with E-state index in [9.17, 15) is 14.0 Å². The minimum atomic E-state index is -0.552. The molecule has 0 aliphatic carbocycles. The zero-order chi connectivity index (χ0) is 15.9. The predicted molar refractivity (Wildman–Crippen MR) is 78.9 cm³/mol. The van der Waals surface area contributed by atoms with E-state index in [1.807, 2.05) is 6.92 Å². The smallest absolute Gasteiger partial charge is 0.262 e. The van der Waals surface area contributed by atoms with Crippen molar-refractivity contribution in [2.24, 2.45) is 0 Å².